The molecule has 2 aromatic rings. The van der Waals surface area contributed by atoms with Crippen molar-refractivity contribution in [3.05, 3.63) is 30.0 Å². The van der Waals surface area contributed by atoms with Gasteiger partial charge in [-0.2, -0.15) is 0 Å². The Hall–Kier alpha value is -1.51. The third kappa shape index (κ3) is 1.58. The zero-order chi connectivity index (χ0) is 11.2. The number of hydrogen-bond donors (Lipinski definition) is 1. The summed E-state index contributed by atoms with van der Waals surface area (Å²) in [6.45, 7) is 3.06. The maximum atomic E-state index is 13.8. The van der Waals surface area contributed by atoms with E-state index in [-0.39, 0.29) is 5.75 Å². The average molecular weight is 207 g/mol. The Bertz CT molecular complexity index is 508. The van der Waals surface area contributed by atoms with E-state index >= 15 is 0 Å². The highest BCUT2D eigenvalue weighted by Gasteiger charge is 2.23. The number of hydrogen-bond acceptors (Lipinski definition) is 1. The first-order valence-electron chi connectivity index (χ1n) is 4.87. The molecule has 1 N–H and O–H groups in total. The second-order valence-electron chi connectivity index (χ2n) is 4.30. The predicted molar refractivity (Wildman–Crippen MR) is 58.7 cm³/mol. The van der Waals surface area contributed by atoms with Gasteiger partial charge in [-0.25, -0.2) is 4.39 Å². The minimum Gasteiger partial charge on any atom is -0.508 e. The van der Waals surface area contributed by atoms with Gasteiger partial charge in [0.05, 0.1) is 11.2 Å². The molecule has 0 radical (unpaired) electrons. The maximum absolute atomic E-state index is 13.8. The van der Waals surface area contributed by atoms with Crippen LogP contribution in [0.2, 0.25) is 0 Å². The van der Waals surface area contributed by atoms with Gasteiger partial charge in [0.2, 0.25) is 0 Å². The molecule has 3 heteroatoms. The van der Waals surface area contributed by atoms with Crippen LogP contribution in [0.3, 0.4) is 0 Å². The van der Waals surface area contributed by atoms with Gasteiger partial charge in [-0.05, 0) is 32.0 Å². The average Bonchev–Trinajstić information content (AvgIpc) is 2.43. The zero-order valence-electron chi connectivity index (χ0n) is 9.08. The molecule has 0 fully saturated rings. The summed E-state index contributed by atoms with van der Waals surface area (Å²) in [4.78, 5) is 0. The van der Waals surface area contributed by atoms with E-state index in [0.29, 0.717) is 5.69 Å². The lowest BCUT2D eigenvalue weighted by Crippen LogP contribution is -2.13. The second-order valence-corrected chi connectivity index (χ2v) is 4.30. The predicted octanol–water partition coefficient (Wildman–Crippen LogP) is 3.09. The zero-order valence-corrected chi connectivity index (χ0v) is 9.08. The van der Waals surface area contributed by atoms with Crippen molar-refractivity contribution in [1.29, 1.82) is 0 Å². The highest BCUT2D eigenvalue weighted by atomic mass is 19.1. The molecule has 0 amide bonds. The topological polar surface area (TPSA) is 25.2 Å². The molecule has 0 bridgehead atoms. The van der Waals surface area contributed by atoms with Crippen LogP contribution >= 0.6 is 0 Å². The van der Waals surface area contributed by atoms with Gasteiger partial charge < -0.3 is 9.67 Å². The lowest BCUT2D eigenvalue weighted by molar-refractivity contribution is 0.209. The number of aryl methyl sites for hydroxylation is 1. The Morgan fingerprint density at radius 1 is 1.27 bits per heavy atom. The van der Waals surface area contributed by atoms with Crippen LogP contribution < -0.4 is 0 Å². The minimum absolute atomic E-state index is 0.201. The molecule has 0 saturated heterocycles. The van der Waals surface area contributed by atoms with Gasteiger partial charge in [-0.1, -0.05) is 0 Å². The monoisotopic (exact) mass is 207 g/mol. The quantitative estimate of drug-likeness (QED) is 0.763. The molecule has 2 rings (SSSR count). The molecule has 15 heavy (non-hydrogen) atoms. The van der Waals surface area contributed by atoms with Crippen LogP contribution in [0.1, 0.15) is 19.5 Å². The van der Waals surface area contributed by atoms with Crippen LogP contribution in [0.5, 0.6) is 5.75 Å². The van der Waals surface area contributed by atoms with E-state index in [9.17, 15) is 9.50 Å². The molecular formula is C12H14FNO. The van der Waals surface area contributed by atoms with Crippen molar-refractivity contribution in [2.24, 2.45) is 7.05 Å². The first-order chi connectivity index (χ1) is 6.89. The van der Waals surface area contributed by atoms with E-state index in [0.717, 1.165) is 10.9 Å². The Labute approximate surface area is 88.0 Å². The third-order valence-electron chi connectivity index (χ3n) is 2.64. The van der Waals surface area contributed by atoms with E-state index < -0.39 is 5.67 Å². The summed E-state index contributed by atoms with van der Waals surface area (Å²) >= 11 is 0. The van der Waals surface area contributed by atoms with Crippen LogP contribution in [0.15, 0.2) is 24.3 Å². The van der Waals surface area contributed by atoms with Gasteiger partial charge in [0.25, 0.3) is 0 Å². The Morgan fingerprint density at radius 3 is 2.53 bits per heavy atom. The fourth-order valence-electron chi connectivity index (χ4n) is 1.89. The Morgan fingerprint density at radius 2 is 1.93 bits per heavy atom. The number of phenolic OH excluding ortho intramolecular Hbond substituents is 1. The maximum Gasteiger partial charge on any atom is 0.145 e. The number of rotatable bonds is 1. The SMILES string of the molecule is Cn1c(C(C)(C)F)cc2ccc(O)cc21. The van der Waals surface area contributed by atoms with Gasteiger partial charge in [-0.15, -0.1) is 0 Å². The molecule has 0 spiro atoms. The van der Waals surface area contributed by atoms with Gasteiger partial charge in [0.15, 0.2) is 0 Å². The number of alkyl halides is 1. The standard InChI is InChI=1S/C12H14FNO/c1-12(2,13)11-6-8-4-5-9(15)7-10(8)14(11)3/h4-7,15H,1-3H3. The highest BCUT2D eigenvalue weighted by molar-refractivity contribution is 5.82. The summed E-state index contributed by atoms with van der Waals surface area (Å²) in [5.74, 6) is 0.201. The molecule has 2 nitrogen and oxygen atoms in total. The first kappa shape index (κ1) is 10.0. The van der Waals surface area contributed by atoms with E-state index in [4.69, 9.17) is 0 Å². The number of nitrogens with zero attached hydrogens (tertiary/aromatic N) is 1. The summed E-state index contributed by atoms with van der Waals surface area (Å²) in [5.41, 5.74) is 0.0856. The largest absolute Gasteiger partial charge is 0.508 e. The van der Waals surface area contributed by atoms with Crippen molar-refractivity contribution in [2.75, 3.05) is 0 Å². The van der Waals surface area contributed by atoms with E-state index in [1.165, 1.54) is 13.8 Å². The number of aromatic nitrogens is 1. The number of halogens is 1. The van der Waals surface area contributed by atoms with Crippen molar-refractivity contribution in [1.82, 2.24) is 4.57 Å². The van der Waals surface area contributed by atoms with E-state index in [1.54, 1.807) is 29.8 Å². The molecule has 1 aromatic heterocycles. The molecule has 80 valence electrons. The van der Waals surface area contributed by atoms with Gasteiger partial charge in [0.1, 0.15) is 11.4 Å². The van der Waals surface area contributed by atoms with Crippen LogP contribution in [-0.4, -0.2) is 9.67 Å². The third-order valence-corrected chi connectivity index (χ3v) is 2.64. The van der Waals surface area contributed by atoms with E-state index in [2.05, 4.69) is 0 Å². The highest BCUT2D eigenvalue weighted by Crippen LogP contribution is 2.31. The minimum atomic E-state index is -1.37. The number of fused-ring (bicyclic) bond motifs is 1. The lowest BCUT2D eigenvalue weighted by atomic mass is 10.1. The number of phenols is 1. The van der Waals surface area contributed by atoms with Crippen LogP contribution in [0.25, 0.3) is 10.9 Å². The summed E-state index contributed by atoms with van der Waals surface area (Å²) in [5, 5.41) is 10.3. The lowest BCUT2D eigenvalue weighted by Gasteiger charge is -2.15. The molecule has 0 unspecified atom stereocenters. The van der Waals surface area contributed by atoms with Crippen LogP contribution in [0, 0.1) is 0 Å². The summed E-state index contributed by atoms with van der Waals surface area (Å²) < 4.78 is 15.6. The normalized spacial score (nSPS) is 12.3. The first-order valence-corrected chi connectivity index (χ1v) is 4.87. The molecule has 1 heterocycles. The van der Waals surface area contributed by atoms with Gasteiger partial charge in [0, 0.05) is 18.5 Å². The van der Waals surface area contributed by atoms with Crippen molar-refractivity contribution in [3.8, 4) is 5.75 Å². The second kappa shape index (κ2) is 2.99. The van der Waals surface area contributed by atoms with E-state index in [1.807, 2.05) is 6.07 Å². The van der Waals surface area contributed by atoms with Crippen LogP contribution in [0.4, 0.5) is 4.39 Å². The molecule has 0 aliphatic carbocycles. The molecule has 0 atom stereocenters. The fraction of sp³-hybridized carbons (Fsp3) is 0.333. The van der Waals surface area contributed by atoms with Crippen molar-refractivity contribution >= 4 is 10.9 Å². The molecule has 0 saturated carbocycles. The van der Waals surface area contributed by atoms with Crippen LogP contribution in [-0.2, 0) is 12.7 Å². The molecule has 0 aliphatic rings. The smallest absolute Gasteiger partial charge is 0.145 e. The molecule has 0 aliphatic heterocycles. The summed E-state index contributed by atoms with van der Waals surface area (Å²) in [6.07, 6.45) is 0. The molecular weight excluding hydrogens is 193 g/mol. The summed E-state index contributed by atoms with van der Waals surface area (Å²) in [6, 6.07) is 6.86. The fourth-order valence-corrected chi connectivity index (χ4v) is 1.89. The van der Waals surface area contributed by atoms with Crippen molar-refractivity contribution in [3.63, 3.8) is 0 Å². The number of benzene rings is 1. The Kier molecular flexibility index (Phi) is 2.00. The number of aromatic hydroxyl groups is 1. The Balaban J connectivity index is 2.76. The van der Waals surface area contributed by atoms with Gasteiger partial charge in [-0.3, -0.25) is 0 Å². The van der Waals surface area contributed by atoms with Crippen molar-refractivity contribution in [2.45, 2.75) is 19.5 Å². The summed E-state index contributed by atoms with van der Waals surface area (Å²) in [7, 11) is 1.80. The molecule has 1 aromatic carbocycles. The van der Waals surface area contributed by atoms with Crippen molar-refractivity contribution < 1.29 is 9.50 Å². The van der Waals surface area contributed by atoms with Gasteiger partial charge >= 0.3 is 0 Å².